The van der Waals surface area contributed by atoms with Gasteiger partial charge >= 0.3 is 0 Å². The largest absolute Gasteiger partial charge is 0.361 e. The van der Waals surface area contributed by atoms with E-state index in [0.717, 1.165) is 16.5 Å². The number of hydrogen-bond acceptors (Lipinski definition) is 3. The number of hydrogen-bond donors (Lipinski definition) is 1. The fourth-order valence-corrected chi connectivity index (χ4v) is 3.66. The van der Waals surface area contributed by atoms with Crippen LogP contribution in [0.15, 0.2) is 24.4 Å². The zero-order chi connectivity index (χ0) is 16.5. The van der Waals surface area contributed by atoms with Crippen molar-refractivity contribution in [2.24, 2.45) is 0 Å². The second-order valence-electron chi connectivity index (χ2n) is 5.63. The summed E-state index contributed by atoms with van der Waals surface area (Å²) in [5.41, 5.74) is 1.75. The summed E-state index contributed by atoms with van der Waals surface area (Å²) >= 11 is 5.94. The van der Waals surface area contributed by atoms with E-state index in [-0.39, 0.29) is 24.1 Å². The normalized spacial score (nSPS) is 13.3. The highest BCUT2D eigenvalue weighted by Gasteiger charge is 2.20. The van der Waals surface area contributed by atoms with Crippen LogP contribution in [0.4, 0.5) is 0 Å². The van der Waals surface area contributed by atoms with Crippen LogP contribution in [0.2, 0.25) is 5.02 Å². The summed E-state index contributed by atoms with van der Waals surface area (Å²) in [6, 6.07) is 5.10. The summed E-state index contributed by atoms with van der Waals surface area (Å²) in [6.07, 6.45) is 3.17. The molecule has 22 heavy (non-hydrogen) atoms. The lowest BCUT2D eigenvalue weighted by molar-refractivity contribution is -0.130. The first-order chi connectivity index (χ1) is 10.2. The Morgan fingerprint density at radius 1 is 1.41 bits per heavy atom. The second kappa shape index (κ2) is 6.30. The van der Waals surface area contributed by atoms with Gasteiger partial charge in [-0.05, 0) is 24.6 Å². The van der Waals surface area contributed by atoms with Crippen molar-refractivity contribution in [1.82, 2.24) is 9.88 Å². The lowest BCUT2D eigenvalue weighted by atomic mass is 10.1. The van der Waals surface area contributed by atoms with Crippen LogP contribution in [-0.4, -0.2) is 49.3 Å². The lowest BCUT2D eigenvalue weighted by Crippen LogP contribution is -2.40. The van der Waals surface area contributed by atoms with E-state index in [4.69, 9.17) is 11.6 Å². The zero-order valence-corrected chi connectivity index (χ0v) is 14.3. The van der Waals surface area contributed by atoms with Gasteiger partial charge < -0.3 is 9.88 Å². The van der Waals surface area contributed by atoms with Gasteiger partial charge in [-0.15, -0.1) is 0 Å². The molecule has 2 rings (SSSR count). The number of fused-ring (bicyclic) bond motifs is 1. The smallest absolute Gasteiger partial charge is 0.227 e. The van der Waals surface area contributed by atoms with Gasteiger partial charge in [-0.3, -0.25) is 4.79 Å². The van der Waals surface area contributed by atoms with Gasteiger partial charge in [0.25, 0.3) is 0 Å². The van der Waals surface area contributed by atoms with Crippen molar-refractivity contribution >= 4 is 38.2 Å². The Bertz CT molecular complexity index is 798. The minimum atomic E-state index is -3.12. The Kier molecular flexibility index (Phi) is 4.82. The highest BCUT2D eigenvalue weighted by molar-refractivity contribution is 7.90. The van der Waals surface area contributed by atoms with Crippen LogP contribution < -0.4 is 0 Å². The molecule has 0 aliphatic rings. The number of nitrogens with zero attached hydrogens (tertiary/aromatic N) is 1. The van der Waals surface area contributed by atoms with Crippen molar-refractivity contribution < 1.29 is 13.2 Å². The van der Waals surface area contributed by atoms with Crippen molar-refractivity contribution in [2.45, 2.75) is 19.4 Å². The molecular formula is C15H19ClN2O3S. The van der Waals surface area contributed by atoms with Crippen molar-refractivity contribution in [3.63, 3.8) is 0 Å². The highest BCUT2D eigenvalue weighted by atomic mass is 35.5. The molecule has 0 bridgehead atoms. The molecular weight excluding hydrogens is 324 g/mol. The number of carbonyl (C=O) groups is 1. The minimum absolute atomic E-state index is 0.0429. The molecule has 1 atom stereocenters. The van der Waals surface area contributed by atoms with Gasteiger partial charge in [0.05, 0.1) is 12.2 Å². The standard InChI is InChI=1S/C15H19ClN2O3S/c1-10(9-22(3,20)21)18(2)15(19)6-11-8-17-14-7-12(16)4-5-13(11)14/h4-5,7-8,10,17H,6,9H2,1-3H3. The van der Waals surface area contributed by atoms with E-state index in [1.165, 1.54) is 11.2 Å². The monoisotopic (exact) mass is 342 g/mol. The van der Waals surface area contributed by atoms with E-state index >= 15 is 0 Å². The zero-order valence-electron chi connectivity index (χ0n) is 12.8. The fraction of sp³-hybridized carbons (Fsp3) is 0.400. The minimum Gasteiger partial charge on any atom is -0.361 e. The number of H-pyrrole nitrogens is 1. The summed E-state index contributed by atoms with van der Waals surface area (Å²) in [5, 5.41) is 1.58. The average Bonchev–Trinajstić information content (AvgIpc) is 2.78. The molecule has 0 radical (unpaired) electrons. The van der Waals surface area contributed by atoms with E-state index in [2.05, 4.69) is 4.98 Å². The molecule has 1 heterocycles. The van der Waals surface area contributed by atoms with E-state index in [9.17, 15) is 13.2 Å². The topological polar surface area (TPSA) is 70.2 Å². The Hall–Kier alpha value is -1.53. The molecule has 5 nitrogen and oxygen atoms in total. The number of carbonyl (C=O) groups excluding carboxylic acids is 1. The number of likely N-dealkylation sites (N-methyl/N-ethyl adjacent to an activating group) is 1. The van der Waals surface area contributed by atoms with Crippen LogP contribution in [0.3, 0.4) is 0 Å². The Labute approximate surface area is 135 Å². The SMILES string of the molecule is CC(CS(C)(=O)=O)N(C)C(=O)Cc1c[nH]c2cc(Cl)ccc12. The molecule has 0 aliphatic heterocycles. The fourth-order valence-electron chi connectivity index (χ4n) is 2.39. The number of aromatic amines is 1. The summed E-state index contributed by atoms with van der Waals surface area (Å²) in [4.78, 5) is 16.9. The number of sulfone groups is 1. The van der Waals surface area contributed by atoms with Crippen LogP contribution in [0.1, 0.15) is 12.5 Å². The molecule has 1 N–H and O–H groups in total. The van der Waals surface area contributed by atoms with Gasteiger partial charge in [-0.2, -0.15) is 0 Å². The molecule has 1 aromatic heterocycles. The third-order valence-corrected chi connectivity index (χ3v) is 4.99. The molecule has 0 saturated carbocycles. The summed E-state index contributed by atoms with van der Waals surface area (Å²) in [7, 11) is -1.49. The molecule has 2 aromatic rings. The first-order valence-electron chi connectivity index (χ1n) is 6.86. The van der Waals surface area contributed by atoms with Crippen LogP contribution >= 0.6 is 11.6 Å². The molecule has 0 aliphatic carbocycles. The van der Waals surface area contributed by atoms with Crippen LogP contribution in [0.25, 0.3) is 10.9 Å². The highest BCUT2D eigenvalue weighted by Crippen LogP contribution is 2.22. The van der Waals surface area contributed by atoms with E-state index in [0.29, 0.717) is 5.02 Å². The number of rotatable bonds is 5. The summed E-state index contributed by atoms with van der Waals surface area (Å²) < 4.78 is 22.7. The van der Waals surface area contributed by atoms with Crippen molar-refractivity contribution in [3.8, 4) is 0 Å². The van der Waals surface area contributed by atoms with Crippen LogP contribution in [0, 0.1) is 0 Å². The second-order valence-corrected chi connectivity index (χ2v) is 8.25. The van der Waals surface area contributed by atoms with Gasteiger partial charge in [0.15, 0.2) is 0 Å². The van der Waals surface area contributed by atoms with Gasteiger partial charge in [0, 0.05) is 41.5 Å². The number of aromatic nitrogens is 1. The molecule has 7 heteroatoms. The molecule has 0 fully saturated rings. The molecule has 1 unspecified atom stereocenters. The van der Waals surface area contributed by atoms with Crippen LogP contribution in [0.5, 0.6) is 0 Å². The number of benzene rings is 1. The predicted molar refractivity (Wildman–Crippen MR) is 89.0 cm³/mol. The Morgan fingerprint density at radius 3 is 2.73 bits per heavy atom. The number of nitrogens with one attached hydrogen (secondary N) is 1. The van der Waals surface area contributed by atoms with Gasteiger partial charge in [0.1, 0.15) is 9.84 Å². The number of halogens is 1. The number of amides is 1. The summed E-state index contributed by atoms with van der Waals surface area (Å²) in [6.45, 7) is 1.73. The van der Waals surface area contributed by atoms with Crippen LogP contribution in [-0.2, 0) is 21.1 Å². The maximum atomic E-state index is 12.3. The maximum absolute atomic E-state index is 12.3. The molecule has 120 valence electrons. The average molecular weight is 343 g/mol. The van der Waals surface area contributed by atoms with Gasteiger partial charge in [0.2, 0.25) is 5.91 Å². The third kappa shape index (κ3) is 4.01. The first kappa shape index (κ1) is 16.8. The molecule has 0 spiro atoms. The quantitative estimate of drug-likeness (QED) is 0.906. The van der Waals surface area contributed by atoms with Crippen molar-refractivity contribution in [2.75, 3.05) is 19.1 Å². The van der Waals surface area contributed by atoms with Gasteiger partial charge in [-0.1, -0.05) is 17.7 Å². The van der Waals surface area contributed by atoms with Crippen molar-refractivity contribution in [1.29, 1.82) is 0 Å². The van der Waals surface area contributed by atoms with Crippen molar-refractivity contribution in [3.05, 3.63) is 35.0 Å². The lowest BCUT2D eigenvalue weighted by Gasteiger charge is -2.24. The van der Waals surface area contributed by atoms with E-state index in [1.807, 2.05) is 6.07 Å². The third-order valence-electron chi connectivity index (χ3n) is 3.67. The first-order valence-corrected chi connectivity index (χ1v) is 9.30. The molecule has 1 aromatic carbocycles. The predicted octanol–water partition coefficient (Wildman–Crippen LogP) is 2.26. The summed E-state index contributed by atoms with van der Waals surface area (Å²) in [5.74, 6) is -0.161. The maximum Gasteiger partial charge on any atom is 0.227 e. The Morgan fingerprint density at radius 2 is 2.09 bits per heavy atom. The molecule has 1 amide bonds. The Balaban J connectivity index is 2.13. The van der Waals surface area contributed by atoms with Gasteiger partial charge in [-0.25, -0.2) is 8.42 Å². The molecule has 0 saturated heterocycles. The van der Waals surface area contributed by atoms with E-state index < -0.39 is 9.84 Å². The van der Waals surface area contributed by atoms with E-state index in [1.54, 1.807) is 32.3 Å².